The Kier molecular flexibility index (Phi) is 6.57. The predicted molar refractivity (Wildman–Crippen MR) is 140 cm³/mol. The molecule has 0 saturated carbocycles. The van der Waals surface area contributed by atoms with Crippen LogP contribution in [0.15, 0.2) is 48.5 Å². The number of imide groups is 1. The summed E-state index contributed by atoms with van der Waals surface area (Å²) in [6.45, 7) is 0. The molecule has 2 atom stereocenters. The number of nitro groups is 1. The Morgan fingerprint density at radius 3 is 1.97 bits per heavy atom. The second-order valence-electron chi connectivity index (χ2n) is 8.62. The van der Waals surface area contributed by atoms with Crippen LogP contribution in [0.4, 0.5) is 11.4 Å². The summed E-state index contributed by atoms with van der Waals surface area (Å²) in [6.07, 6.45) is 0. The number of anilines is 1. The average molecular weight is 572 g/mol. The molecule has 200 valence electrons. The molecule has 0 radical (unpaired) electrons. The first-order chi connectivity index (χ1) is 18.6. The number of nitro benzene ring substituents is 1. The van der Waals surface area contributed by atoms with Crippen molar-refractivity contribution in [2.24, 2.45) is 0 Å². The van der Waals surface area contributed by atoms with E-state index in [1.54, 1.807) is 12.1 Å². The molecule has 3 aromatic rings. The number of fused-ring (bicyclic) bond motifs is 1. The van der Waals surface area contributed by atoms with Gasteiger partial charge in [-0.05, 0) is 42.0 Å². The van der Waals surface area contributed by atoms with Gasteiger partial charge >= 0.3 is 0 Å². The number of amides is 3. The fraction of sp³-hybridized carbons (Fsp3) is 0.192. The maximum atomic E-state index is 13.7. The fourth-order valence-corrected chi connectivity index (χ4v) is 5.50. The van der Waals surface area contributed by atoms with E-state index in [-0.39, 0.29) is 32.7 Å². The second kappa shape index (κ2) is 9.75. The number of carbonyl (C=O) groups excluding carboxylic acids is 3. The highest BCUT2D eigenvalue weighted by atomic mass is 35.5. The SMILES string of the molecule is COc1cc(C2C(N3C(=O)c4cccc([N+](=O)[O-])c4C3=O)C(=O)N2c2cc(Cl)cc(Cl)c2)cc(OC)c1OC. The van der Waals surface area contributed by atoms with E-state index in [1.165, 1.54) is 56.6 Å². The topological polar surface area (TPSA) is 129 Å². The molecule has 2 aliphatic heterocycles. The van der Waals surface area contributed by atoms with Crippen molar-refractivity contribution in [3.8, 4) is 17.2 Å². The van der Waals surface area contributed by atoms with Gasteiger partial charge in [0, 0.05) is 21.8 Å². The lowest BCUT2D eigenvalue weighted by molar-refractivity contribution is -0.385. The molecule has 2 aliphatic rings. The summed E-state index contributed by atoms with van der Waals surface area (Å²) >= 11 is 12.4. The van der Waals surface area contributed by atoms with E-state index in [0.29, 0.717) is 17.0 Å². The first kappa shape index (κ1) is 26.3. The van der Waals surface area contributed by atoms with Crippen molar-refractivity contribution in [1.29, 1.82) is 0 Å². The van der Waals surface area contributed by atoms with Crippen LogP contribution in [-0.4, -0.2) is 54.9 Å². The molecule has 5 rings (SSSR count). The molecule has 1 saturated heterocycles. The summed E-state index contributed by atoms with van der Waals surface area (Å²) in [4.78, 5) is 53.6. The van der Waals surface area contributed by atoms with Crippen LogP contribution in [-0.2, 0) is 4.79 Å². The number of benzene rings is 3. The highest BCUT2D eigenvalue weighted by molar-refractivity contribution is 6.35. The molecule has 11 nitrogen and oxygen atoms in total. The van der Waals surface area contributed by atoms with Crippen molar-refractivity contribution < 1.29 is 33.5 Å². The number of halogens is 2. The fourth-order valence-electron chi connectivity index (χ4n) is 4.99. The smallest absolute Gasteiger partial charge is 0.282 e. The molecule has 0 aromatic heterocycles. The van der Waals surface area contributed by atoms with Crippen molar-refractivity contribution >= 4 is 52.3 Å². The van der Waals surface area contributed by atoms with Crippen molar-refractivity contribution in [3.63, 3.8) is 0 Å². The minimum atomic E-state index is -1.35. The van der Waals surface area contributed by atoms with Gasteiger partial charge in [-0.2, -0.15) is 0 Å². The number of methoxy groups -OCH3 is 3. The van der Waals surface area contributed by atoms with Gasteiger partial charge in [0.2, 0.25) is 5.75 Å². The molecule has 2 unspecified atom stereocenters. The van der Waals surface area contributed by atoms with Gasteiger partial charge < -0.3 is 19.1 Å². The van der Waals surface area contributed by atoms with Gasteiger partial charge in [-0.3, -0.25) is 29.4 Å². The number of hydrogen-bond donors (Lipinski definition) is 0. The molecule has 13 heteroatoms. The van der Waals surface area contributed by atoms with E-state index in [1.807, 2.05) is 0 Å². The lowest BCUT2D eigenvalue weighted by atomic mass is 9.86. The van der Waals surface area contributed by atoms with E-state index in [0.717, 1.165) is 11.0 Å². The van der Waals surface area contributed by atoms with Crippen LogP contribution in [0.2, 0.25) is 10.0 Å². The summed E-state index contributed by atoms with van der Waals surface area (Å²) in [5, 5.41) is 12.1. The third-order valence-electron chi connectivity index (χ3n) is 6.62. The maximum Gasteiger partial charge on any atom is 0.282 e. The Balaban J connectivity index is 1.68. The highest BCUT2D eigenvalue weighted by Crippen LogP contribution is 2.49. The van der Waals surface area contributed by atoms with Gasteiger partial charge in [0.25, 0.3) is 23.4 Å². The van der Waals surface area contributed by atoms with Crippen LogP contribution in [0.3, 0.4) is 0 Å². The first-order valence-corrected chi connectivity index (χ1v) is 12.1. The highest BCUT2D eigenvalue weighted by Gasteiger charge is 2.58. The predicted octanol–water partition coefficient (Wildman–Crippen LogP) is 4.68. The Bertz CT molecular complexity index is 1530. The first-order valence-electron chi connectivity index (χ1n) is 11.4. The lowest BCUT2D eigenvalue weighted by Crippen LogP contribution is -2.67. The minimum Gasteiger partial charge on any atom is -0.493 e. The van der Waals surface area contributed by atoms with Gasteiger partial charge in [-0.15, -0.1) is 0 Å². The van der Waals surface area contributed by atoms with E-state index in [9.17, 15) is 24.5 Å². The summed E-state index contributed by atoms with van der Waals surface area (Å²) < 4.78 is 16.3. The largest absolute Gasteiger partial charge is 0.493 e. The van der Waals surface area contributed by atoms with Crippen LogP contribution < -0.4 is 19.1 Å². The zero-order chi connectivity index (χ0) is 28.2. The normalized spacial score (nSPS) is 18.1. The van der Waals surface area contributed by atoms with Crippen LogP contribution in [0.1, 0.15) is 32.3 Å². The maximum absolute atomic E-state index is 13.7. The molecule has 0 spiro atoms. The molecule has 2 heterocycles. The molecule has 0 N–H and O–H groups in total. The van der Waals surface area contributed by atoms with Crippen molar-refractivity contribution in [1.82, 2.24) is 4.90 Å². The van der Waals surface area contributed by atoms with Gasteiger partial charge in [0.05, 0.1) is 37.9 Å². The van der Waals surface area contributed by atoms with Crippen LogP contribution in [0.25, 0.3) is 0 Å². The van der Waals surface area contributed by atoms with E-state index in [4.69, 9.17) is 37.4 Å². The second-order valence-corrected chi connectivity index (χ2v) is 9.49. The number of rotatable bonds is 7. The van der Waals surface area contributed by atoms with Crippen molar-refractivity contribution in [3.05, 3.63) is 85.4 Å². The summed E-state index contributed by atoms with van der Waals surface area (Å²) in [7, 11) is 4.27. The van der Waals surface area contributed by atoms with Crippen molar-refractivity contribution in [2.45, 2.75) is 12.1 Å². The zero-order valence-corrected chi connectivity index (χ0v) is 22.1. The molecule has 3 amide bonds. The molecule has 0 bridgehead atoms. The van der Waals surface area contributed by atoms with Crippen LogP contribution in [0, 0.1) is 10.1 Å². The Hall–Kier alpha value is -4.35. The third kappa shape index (κ3) is 4.01. The van der Waals surface area contributed by atoms with Crippen molar-refractivity contribution in [2.75, 3.05) is 26.2 Å². The minimum absolute atomic E-state index is 0.158. The number of ether oxygens (including phenoxy) is 3. The Morgan fingerprint density at radius 2 is 1.44 bits per heavy atom. The summed E-state index contributed by atoms with van der Waals surface area (Å²) in [6, 6.07) is 9.15. The van der Waals surface area contributed by atoms with E-state index < -0.39 is 40.4 Å². The quantitative estimate of drug-likeness (QED) is 0.173. The summed E-state index contributed by atoms with van der Waals surface area (Å²) in [5.41, 5.74) is -0.308. The van der Waals surface area contributed by atoms with Gasteiger partial charge in [-0.25, -0.2) is 0 Å². The van der Waals surface area contributed by atoms with E-state index >= 15 is 0 Å². The zero-order valence-electron chi connectivity index (χ0n) is 20.6. The lowest BCUT2D eigenvalue weighted by Gasteiger charge is -2.49. The average Bonchev–Trinajstić information content (AvgIpc) is 3.15. The Morgan fingerprint density at radius 1 is 0.821 bits per heavy atom. The molecule has 39 heavy (non-hydrogen) atoms. The summed E-state index contributed by atoms with van der Waals surface area (Å²) in [5.74, 6) is -1.55. The van der Waals surface area contributed by atoms with Gasteiger partial charge in [0.15, 0.2) is 11.5 Å². The van der Waals surface area contributed by atoms with Crippen LogP contribution >= 0.6 is 23.2 Å². The monoisotopic (exact) mass is 571 g/mol. The third-order valence-corrected chi connectivity index (χ3v) is 7.06. The van der Waals surface area contributed by atoms with Crippen LogP contribution in [0.5, 0.6) is 17.2 Å². The number of carbonyl (C=O) groups is 3. The number of hydrogen-bond acceptors (Lipinski definition) is 8. The molecule has 1 fully saturated rings. The molecular weight excluding hydrogens is 553 g/mol. The molecule has 3 aromatic carbocycles. The Labute approximate surface area is 231 Å². The number of nitrogens with zero attached hydrogens (tertiary/aromatic N) is 3. The van der Waals surface area contributed by atoms with E-state index in [2.05, 4.69) is 0 Å². The number of β-lactam (4-membered cyclic amide) rings is 1. The molecular formula is C26H19Cl2N3O8. The van der Waals surface area contributed by atoms with Gasteiger partial charge in [-0.1, -0.05) is 29.3 Å². The van der Waals surface area contributed by atoms with Gasteiger partial charge in [0.1, 0.15) is 11.6 Å². The molecule has 0 aliphatic carbocycles. The standard InChI is InChI=1S/C26H19Cl2N3O8/c1-37-18-7-12(8-19(38-2)23(18)39-3)21-22(26(34)29(21)15-10-13(27)9-14(28)11-15)30-24(32)16-5-4-6-17(31(35)36)20(16)25(30)33/h4-11,21-22H,1-3H3.